The van der Waals surface area contributed by atoms with Gasteiger partial charge in [0.15, 0.2) is 0 Å². The van der Waals surface area contributed by atoms with Gasteiger partial charge >= 0.3 is 12.1 Å². The third-order valence-electron chi connectivity index (χ3n) is 5.45. The van der Waals surface area contributed by atoms with E-state index >= 15 is 0 Å². The third kappa shape index (κ3) is 5.20. The second kappa shape index (κ2) is 8.90. The van der Waals surface area contributed by atoms with Crippen molar-refractivity contribution in [1.29, 1.82) is 0 Å². The average molecular weight is 419 g/mol. The molecule has 1 fully saturated rings. The minimum atomic E-state index is -4.43. The SMILES string of the molecule is Cc1ccc(C)c(COC(=O)C2CCN(C(=O)c3ccc(C(F)(F)F)cc3)CC2)c1. The highest BCUT2D eigenvalue weighted by Gasteiger charge is 2.31. The lowest BCUT2D eigenvalue weighted by Gasteiger charge is -2.31. The molecule has 0 aliphatic carbocycles. The highest BCUT2D eigenvalue weighted by atomic mass is 19.4. The first kappa shape index (κ1) is 21.9. The number of carbonyl (C=O) groups is 2. The summed E-state index contributed by atoms with van der Waals surface area (Å²) in [5.74, 6) is -0.893. The fourth-order valence-electron chi connectivity index (χ4n) is 3.53. The van der Waals surface area contributed by atoms with E-state index in [4.69, 9.17) is 4.74 Å². The molecule has 0 N–H and O–H groups in total. The Morgan fingerprint density at radius 1 is 1.03 bits per heavy atom. The van der Waals surface area contributed by atoms with Crippen molar-refractivity contribution in [3.8, 4) is 0 Å². The van der Waals surface area contributed by atoms with Crippen LogP contribution in [0.5, 0.6) is 0 Å². The van der Waals surface area contributed by atoms with Crippen molar-refractivity contribution in [1.82, 2.24) is 4.90 Å². The zero-order valence-electron chi connectivity index (χ0n) is 17.0. The molecule has 1 amide bonds. The van der Waals surface area contributed by atoms with Gasteiger partial charge in [-0.25, -0.2) is 0 Å². The average Bonchev–Trinajstić information content (AvgIpc) is 2.73. The van der Waals surface area contributed by atoms with E-state index in [9.17, 15) is 22.8 Å². The molecule has 1 heterocycles. The van der Waals surface area contributed by atoms with Crippen LogP contribution in [0.15, 0.2) is 42.5 Å². The third-order valence-corrected chi connectivity index (χ3v) is 5.45. The number of rotatable bonds is 4. The first-order valence-electron chi connectivity index (χ1n) is 9.84. The number of carbonyl (C=O) groups excluding carboxylic acids is 2. The van der Waals surface area contributed by atoms with Crippen LogP contribution in [-0.2, 0) is 22.3 Å². The topological polar surface area (TPSA) is 46.6 Å². The molecule has 0 radical (unpaired) electrons. The van der Waals surface area contributed by atoms with Gasteiger partial charge in [-0.15, -0.1) is 0 Å². The van der Waals surface area contributed by atoms with Gasteiger partial charge in [0.25, 0.3) is 5.91 Å². The van der Waals surface area contributed by atoms with E-state index in [0.717, 1.165) is 28.8 Å². The molecule has 0 spiro atoms. The molecule has 0 saturated carbocycles. The minimum Gasteiger partial charge on any atom is -0.461 e. The Balaban J connectivity index is 1.52. The van der Waals surface area contributed by atoms with Gasteiger partial charge in [0.1, 0.15) is 6.61 Å². The molecule has 0 aromatic heterocycles. The maximum Gasteiger partial charge on any atom is 0.416 e. The minimum absolute atomic E-state index is 0.207. The molecule has 4 nitrogen and oxygen atoms in total. The Bertz CT molecular complexity index is 914. The molecule has 1 aliphatic rings. The largest absolute Gasteiger partial charge is 0.461 e. The van der Waals surface area contributed by atoms with Crippen molar-refractivity contribution < 1.29 is 27.5 Å². The Hall–Kier alpha value is -2.83. The monoisotopic (exact) mass is 419 g/mol. The molecular formula is C23H24F3NO3. The number of amides is 1. The summed E-state index contributed by atoms with van der Waals surface area (Å²) >= 11 is 0. The summed E-state index contributed by atoms with van der Waals surface area (Å²) in [7, 11) is 0. The molecule has 160 valence electrons. The Labute approximate surface area is 173 Å². The smallest absolute Gasteiger partial charge is 0.416 e. The van der Waals surface area contributed by atoms with Crippen LogP contribution in [0.4, 0.5) is 13.2 Å². The van der Waals surface area contributed by atoms with E-state index in [1.165, 1.54) is 12.1 Å². The molecule has 30 heavy (non-hydrogen) atoms. The van der Waals surface area contributed by atoms with Crippen LogP contribution < -0.4 is 0 Å². The van der Waals surface area contributed by atoms with Crippen LogP contribution in [0.25, 0.3) is 0 Å². The van der Waals surface area contributed by atoms with Crippen LogP contribution in [0.1, 0.15) is 45.5 Å². The Morgan fingerprint density at radius 3 is 2.27 bits per heavy atom. The lowest BCUT2D eigenvalue weighted by atomic mass is 9.96. The summed E-state index contributed by atoms with van der Waals surface area (Å²) in [5.41, 5.74) is 2.55. The van der Waals surface area contributed by atoms with Gasteiger partial charge in [0.2, 0.25) is 0 Å². The maximum atomic E-state index is 12.7. The van der Waals surface area contributed by atoms with Gasteiger partial charge in [0.05, 0.1) is 11.5 Å². The second-order valence-electron chi connectivity index (χ2n) is 7.68. The van der Waals surface area contributed by atoms with Crippen LogP contribution in [0, 0.1) is 19.8 Å². The number of likely N-dealkylation sites (tertiary alicyclic amines) is 1. The normalized spacial score (nSPS) is 15.2. The van der Waals surface area contributed by atoms with Gasteiger partial charge in [0, 0.05) is 18.7 Å². The van der Waals surface area contributed by atoms with Gasteiger partial charge in [-0.05, 0) is 62.1 Å². The number of aryl methyl sites for hydroxylation is 2. The number of ether oxygens (including phenoxy) is 1. The fraction of sp³-hybridized carbons (Fsp3) is 0.391. The zero-order valence-corrected chi connectivity index (χ0v) is 17.0. The maximum absolute atomic E-state index is 12.7. The highest BCUT2D eigenvalue weighted by Crippen LogP contribution is 2.29. The lowest BCUT2D eigenvalue weighted by molar-refractivity contribution is -0.151. The van der Waals surface area contributed by atoms with E-state index in [1.807, 2.05) is 32.0 Å². The molecule has 7 heteroatoms. The number of esters is 1. The quantitative estimate of drug-likeness (QED) is 0.661. The van der Waals surface area contributed by atoms with Crippen molar-refractivity contribution in [2.75, 3.05) is 13.1 Å². The van der Waals surface area contributed by atoms with Crippen molar-refractivity contribution in [3.05, 3.63) is 70.3 Å². The number of benzene rings is 2. The van der Waals surface area contributed by atoms with Crippen molar-refractivity contribution >= 4 is 11.9 Å². The number of nitrogens with zero attached hydrogens (tertiary/aromatic N) is 1. The Morgan fingerprint density at radius 2 is 1.67 bits per heavy atom. The van der Waals surface area contributed by atoms with Crippen molar-refractivity contribution in [2.24, 2.45) is 5.92 Å². The Kier molecular flexibility index (Phi) is 6.48. The summed E-state index contributed by atoms with van der Waals surface area (Å²) in [6.45, 7) is 4.89. The molecule has 2 aromatic rings. The molecule has 0 atom stereocenters. The number of piperidine rings is 1. The number of halogens is 3. The second-order valence-corrected chi connectivity index (χ2v) is 7.68. The lowest BCUT2D eigenvalue weighted by Crippen LogP contribution is -2.40. The predicted molar refractivity (Wildman–Crippen MR) is 106 cm³/mol. The number of hydrogen-bond donors (Lipinski definition) is 0. The molecule has 2 aromatic carbocycles. The van der Waals surface area contributed by atoms with Gasteiger partial charge in [-0.3, -0.25) is 9.59 Å². The highest BCUT2D eigenvalue weighted by molar-refractivity contribution is 5.94. The summed E-state index contributed by atoms with van der Waals surface area (Å²) in [5, 5.41) is 0. The fourth-order valence-corrected chi connectivity index (χ4v) is 3.53. The summed E-state index contributed by atoms with van der Waals surface area (Å²) in [6.07, 6.45) is -3.49. The molecule has 1 saturated heterocycles. The van der Waals surface area contributed by atoms with Crippen molar-refractivity contribution in [2.45, 2.75) is 39.5 Å². The molecule has 1 aliphatic heterocycles. The van der Waals surface area contributed by atoms with Crippen molar-refractivity contribution in [3.63, 3.8) is 0 Å². The predicted octanol–water partition coefficient (Wildman–Crippen LogP) is 4.92. The first-order chi connectivity index (χ1) is 14.1. The van der Waals surface area contributed by atoms with Gasteiger partial charge in [-0.1, -0.05) is 23.8 Å². The zero-order chi connectivity index (χ0) is 21.9. The molecule has 3 rings (SSSR count). The van der Waals surface area contributed by atoms with E-state index in [-0.39, 0.29) is 30.0 Å². The molecule has 0 unspecified atom stereocenters. The number of hydrogen-bond acceptors (Lipinski definition) is 3. The molecule has 0 bridgehead atoms. The summed E-state index contributed by atoms with van der Waals surface area (Å²) < 4.78 is 43.5. The van der Waals surface area contributed by atoms with E-state index in [2.05, 4.69) is 0 Å². The van der Waals surface area contributed by atoms with E-state index < -0.39 is 11.7 Å². The van der Waals surface area contributed by atoms with E-state index in [1.54, 1.807) is 4.90 Å². The van der Waals surface area contributed by atoms with Crippen LogP contribution in [-0.4, -0.2) is 29.9 Å². The van der Waals surface area contributed by atoms with Crippen LogP contribution in [0.3, 0.4) is 0 Å². The van der Waals surface area contributed by atoms with Crippen LogP contribution in [0.2, 0.25) is 0 Å². The van der Waals surface area contributed by atoms with Crippen LogP contribution >= 0.6 is 0 Å². The van der Waals surface area contributed by atoms with Gasteiger partial charge in [-0.2, -0.15) is 13.2 Å². The first-order valence-corrected chi connectivity index (χ1v) is 9.84. The summed E-state index contributed by atoms with van der Waals surface area (Å²) in [6, 6.07) is 10.2. The standard InChI is InChI=1S/C23H24F3NO3/c1-15-3-4-16(2)19(13-15)14-30-22(29)18-9-11-27(12-10-18)21(28)17-5-7-20(8-6-17)23(24,25)26/h3-8,13,18H,9-12,14H2,1-2H3. The summed E-state index contributed by atoms with van der Waals surface area (Å²) in [4.78, 5) is 26.5. The molecular weight excluding hydrogens is 395 g/mol. The van der Waals surface area contributed by atoms with Gasteiger partial charge < -0.3 is 9.64 Å². The van der Waals surface area contributed by atoms with E-state index in [0.29, 0.717) is 25.9 Å². The number of alkyl halides is 3.